The van der Waals surface area contributed by atoms with Gasteiger partial charge in [0.2, 0.25) is 0 Å². The minimum atomic E-state index is -1.66. The predicted octanol–water partition coefficient (Wildman–Crippen LogP) is 7.91. The lowest BCUT2D eigenvalue weighted by Gasteiger charge is -2.14. The molecule has 34 heavy (non-hydrogen) atoms. The van der Waals surface area contributed by atoms with Crippen LogP contribution in [0.3, 0.4) is 0 Å². The van der Waals surface area contributed by atoms with Crippen LogP contribution in [0.1, 0.15) is 66.1 Å². The van der Waals surface area contributed by atoms with Crippen molar-refractivity contribution in [2.45, 2.75) is 58.3 Å². The van der Waals surface area contributed by atoms with E-state index >= 15 is 4.39 Å². The molecule has 0 saturated heterocycles. The first-order valence-corrected chi connectivity index (χ1v) is 11.6. The topological polar surface area (TPSA) is 37.3 Å². The molecule has 3 aromatic rings. The quantitative estimate of drug-likeness (QED) is 0.175. The summed E-state index contributed by atoms with van der Waals surface area (Å²) in [5.41, 5.74) is 1.53. The van der Waals surface area contributed by atoms with Gasteiger partial charge in [-0.1, -0.05) is 62.9 Å². The number of aryl methyl sites for hydroxylation is 3. The van der Waals surface area contributed by atoms with Gasteiger partial charge >= 0.3 is 5.97 Å². The molecule has 2 nitrogen and oxygen atoms in total. The summed E-state index contributed by atoms with van der Waals surface area (Å²) < 4.78 is 56.2. The summed E-state index contributed by atoms with van der Waals surface area (Å²) in [5, 5.41) is 9.27. The van der Waals surface area contributed by atoms with Crippen molar-refractivity contribution in [3.8, 4) is 11.1 Å². The zero-order chi connectivity index (χ0) is 24.7. The van der Waals surface area contributed by atoms with Gasteiger partial charge in [0.1, 0.15) is 5.82 Å². The fraction of sp³-hybridized carbons (Fsp3) is 0.321. The highest BCUT2D eigenvalue weighted by Crippen LogP contribution is 2.32. The molecule has 0 atom stereocenters. The van der Waals surface area contributed by atoms with E-state index in [1.807, 2.05) is 12.1 Å². The fourth-order valence-corrected chi connectivity index (χ4v) is 4.09. The number of rotatable bonds is 11. The summed E-state index contributed by atoms with van der Waals surface area (Å²) in [5.74, 6) is -7.20. The molecule has 0 aliphatic rings. The van der Waals surface area contributed by atoms with Gasteiger partial charge in [0, 0.05) is 5.56 Å². The van der Waals surface area contributed by atoms with Crippen LogP contribution in [0.15, 0.2) is 48.5 Å². The Balaban J connectivity index is 1.80. The highest BCUT2D eigenvalue weighted by Gasteiger charge is 2.21. The zero-order valence-electron chi connectivity index (χ0n) is 19.1. The molecule has 0 aliphatic carbocycles. The molecule has 0 unspecified atom stereocenters. The molecular formula is C28H28F4O2. The smallest absolute Gasteiger partial charge is 0.338 e. The predicted molar refractivity (Wildman–Crippen MR) is 125 cm³/mol. The van der Waals surface area contributed by atoms with E-state index in [0.29, 0.717) is 30.5 Å². The molecule has 0 bridgehead atoms. The standard InChI is InChI=1S/C28H28F4O2/c1-2-3-4-5-6-7-18-8-10-19(11-9-18)12-13-20-14-15-22(28(33)34)26(31)25(20)21-16-23(29)27(32)24(30)17-21/h8-11,14-17H,2-7,12-13H2,1H3,(H,33,34). The van der Waals surface area contributed by atoms with Gasteiger partial charge in [-0.3, -0.25) is 0 Å². The van der Waals surface area contributed by atoms with Crippen LogP contribution in [0, 0.1) is 23.3 Å². The normalized spacial score (nSPS) is 11.1. The molecule has 0 saturated carbocycles. The summed E-state index contributed by atoms with van der Waals surface area (Å²) in [6.07, 6.45) is 7.90. The van der Waals surface area contributed by atoms with E-state index in [1.54, 1.807) is 0 Å². The van der Waals surface area contributed by atoms with Crippen molar-refractivity contribution in [1.29, 1.82) is 0 Å². The molecule has 0 aromatic heterocycles. The number of carboxylic acid groups (broad SMARTS) is 1. The molecule has 1 N–H and O–H groups in total. The van der Waals surface area contributed by atoms with E-state index in [2.05, 4.69) is 19.1 Å². The number of halogens is 4. The number of aromatic carboxylic acids is 1. The Labute approximate surface area is 197 Å². The lowest BCUT2D eigenvalue weighted by molar-refractivity contribution is 0.0692. The number of hydrogen-bond acceptors (Lipinski definition) is 1. The lowest BCUT2D eigenvalue weighted by Crippen LogP contribution is -2.06. The average Bonchev–Trinajstić information content (AvgIpc) is 2.81. The van der Waals surface area contributed by atoms with Crippen molar-refractivity contribution in [2.24, 2.45) is 0 Å². The molecule has 0 fully saturated rings. The maximum atomic E-state index is 15.1. The fourth-order valence-electron chi connectivity index (χ4n) is 4.09. The Bertz CT molecular complexity index is 1120. The first-order chi connectivity index (χ1) is 16.3. The third kappa shape index (κ3) is 6.25. The molecular weight excluding hydrogens is 444 g/mol. The van der Waals surface area contributed by atoms with Crippen molar-refractivity contribution >= 4 is 5.97 Å². The van der Waals surface area contributed by atoms with E-state index in [4.69, 9.17) is 0 Å². The maximum Gasteiger partial charge on any atom is 0.338 e. The molecule has 180 valence electrons. The Morgan fingerprint density at radius 3 is 1.91 bits per heavy atom. The molecule has 3 rings (SSSR count). The van der Waals surface area contributed by atoms with E-state index in [-0.39, 0.29) is 11.1 Å². The molecule has 0 radical (unpaired) electrons. The zero-order valence-corrected chi connectivity index (χ0v) is 19.1. The summed E-state index contributed by atoms with van der Waals surface area (Å²) in [6.45, 7) is 2.19. The Hall–Kier alpha value is -3.15. The first-order valence-electron chi connectivity index (χ1n) is 11.6. The van der Waals surface area contributed by atoms with E-state index < -0.39 is 34.8 Å². The minimum Gasteiger partial charge on any atom is -0.478 e. The number of benzene rings is 3. The highest BCUT2D eigenvalue weighted by molar-refractivity contribution is 5.90. The Morgan fingerprint density at radius 2 is 1.32 bits per heavy atom. The third-order valence-electron chi connectivity index (χ3n) is 6.01. The maximum absolute atomic E-state index is 15.1. The molecule has 3 aromatic carbocycles. The average molecular weight is 473 g/mol. The van der Waals surface area contributed by atoms with E-state index in [1.165, 1.54) is 37.3 Å². The van der Waals surface area contributed by atoms with Crippen LogP contribution in [-0.2, 0) is 19.3 Å². The Morgan fingerprint density at radius 1 is 0.735 bits per heavy atom. The first kappa shape index (κ1) is 25.5. The summed E-state index contributed by atoms with van der Waals surface area (Å²) in [6, 6.07) is 12.1. The van der Waals surface area contributed by atoms with Gasteiger partial charge < -0.3 is 5.11 Å². The van der Waals surface area contributed by atoms with Crippen molar-refractivity contribution in [3.63, 3.8) is 0 Å². The third-order valence-corrected chi connectivity index (χ3v) is 6.01. The van der Waals surface area contributed by atoms with Crippen molar-refractivity contribution in [2.75, 3.05) is 0 Å². The molecule has 0 heterocycles. The van der Waals surface area contributed by atoms with Gasteiger partial charge in [-0.05, 0) is 66.1 Å². The second-order valence-electron chi connectivity index (χ2n) is 8.50. The second-order valence-corrected chi connectivity index (χ2v) is 8.50. The van der Waals surface area contributed by atoms with Gasteiger partial charge in [-0.15, -0.1) is 0 Å². The van der Waals surface area contributed by atoms with Crippen LogP contribution in [0.2, 0.25) is 0 Å². The van der Waals surface area contributed by atoms with Gasteiger partial charge in [0.05, 0.1) is 5.56 Å². The monoisotopic (exact) mass is 472 g/mol. The SMILES string of the molecule is CCCCCCCc1ccc(CCc2ccc(C(=O)O)c(F)c2-c2cc(F)c(F)c(F)c2)cc1. The van der Waals surface area contributed by atoms with Gasteiger partial charge in [-0.25, -0.2) is 22.4 Å². The van der Waals surface area contributed by atoms with Crippen LogP contribution in [0.4, 0.5) is 17.6 Å². The van der Waals surface area contributed by atoms with E-state index in [0.717, 1.165) is 24.5 Å². The largest absolute Gasteiger partial charge is 0.478 e. The molecule has 0 aliphatic heterocycles. The summed E-state index contributed by atoms with van der Waals surface area (Å²) >= 11 is 0. The van der Waals surface area contributed by atoms with Crippen LogP contribution >= 0.6 is 0 Å². The minimum absolute atomic E-state index is 0.235. The van der Waals surface area contributed by atoms with Crippen LogP contribution < -0.4 is 0 Å². The molecule has 6 heteroatoms. The van der Waals surface area contributed by atoms with Crippen LogP contribution in [-0.4, -0.2) is 11.1 Å². The number of unbranched alkanes of at least 4 members (excludes halogenated alkanes) is 4. The second kappa shape index (κ2) is 11.8. The van der Waals surface area contributed by atoms with Gasteiger partial charge in [0.25, 0.3) is 0 Å². The molecule has 0 amide bonds. The van der Waals surface area contributed by atoms with E-state index in [9.17, 15) is 23.1 Å². The summed E-state index contributed by atoms with van der Waals surface area (Å²) in [7, 11) is 0. The van der Waals surface area contributed by atoms with Crippen molar-refractivity contribution in [1.82, 2.24) is 0 Å². The lowest BCUT2D eigenvalue weighted by atomic mass is 9.92. The summed E-state index contributed by atoms with van der Waals surface area (Å²) in [4.78, 5) is 11.4. The van der Waals surface area contributed by atoms with Crippen LogP contribution in [0.25, 0.3) is 11.1 Å². The highest BCUT2D eigenvalue weighted by atomic mass is 19.2. The number of hydrogen-bond donors (Lipinski definition) is 1. The van der Waals surface area contributed by atoms with Crippen LogP contribution in [0.5, 0.6) is 0 Å². The number of carboxylic acids is 1. The Kier molecular flexibility index (Phi) is 8.85. The van der Waals surface area contributed by atoms with Gasteiger partial charge in [-0.2, -0.15) is 0 Å². The van der Waals surface area contributed by atoms with Crippen molar-refractivity contribution < 1.29 is 27.5 Å². The number of carbonyl (C=O) groups is 1. The van der Waals surface area contributed by atoms with Gasteiger partial charge in [0.15, 0.2) is 17.5 Å². The molecule has 0 spiro atoms. The van der Waals surface area contributed by atoms with Crippen molar-refractivity contribution in [3.05, 3.63) is 94.1 Å².